The Morgan fingerprint density at radius 1 is 1.30 bits per heavy atom. The summed E-state index contributed by atoms with van der Waals surface area (Å²) < 4.78 is 0. The monoisotopic (exact) mass is 288 g/mol. The van der Waals surface area contributed by atoms with E-state index in [0.717, 1.165) is 36.0 Å². The Balaban J connectivity index is 1.72. The number of hydrogen-bond acceptors (Lipinski definition) is 5. The van der Waals surface area contributed by atoms with Crippen LogP contribution in [0.3, 0.4) is 0 Å². The van der Waals surface area contributed by atoms with E-state index in [2.05, 4.69) is 40.1 Å². The molecule has 106 valence electrons. The molecule has 20 heavy (non-hydrogen) atoms. The highest BCUT2D eigenvalue weighted by Gasteiger charge is 2.28. The van der Waals surface area contributed by atoms with Gasteiger partial charge in [0.1, 0.15) is 17.5 Å². The van der Waals surface area contributed by atoms with E-state index >= 15 is 0 Å². The van der Waals surface area contributed by atoms with Crippen molar-refractivity contribution >= 4 is 23.0 Å². The molecule has 0 bridgehead atoms. The highest BCUT2D eigenvalue weighted by Crippen LogP contribution is 2.39. The van der Waals surface area contributed by atoms with Crippen LogP contribution in [0.1, 0.15) is 35.0 Å². The normalized spacial score (nSPS) is 14.3. The predicted octanol–water partition coefficient (Wildman–Crippen LogP) is 3.42. The summed E-state index contributed by atoms with van der Waals surface area (Å²) in [6, 6.07) is 4.27. The van der Waals surface area contributed by atoms with Gasteiger partial charge >= 0.3 is 0 Å². The molecule has 0 atom stereocenters. The highest BCUT2D eigenvalue weighted by atomic mass is 32.1. The molecule has 0 unspecified atom stereocenters. The average Bonchev–Trinajstić information content (AvgIpc) is 3.18. The number of rotatable bonds is 6. The molecule has 2 aromatic heterocycles. The van der Waals surface area contributed by atoms with E-state index in [4.69, 9.17) is 4.98 Å². The van der Waals surface area contributed by atoms with Gasteiger partial charge in [-0.15, -0.1) is 11.3 Å². The summed E-state index contributed by atoms with van der Waals surface area (Å²) in [4.78, 5) is 10.7. The smallest absolute Gasteiger partial charge is 0.136 e. The lowest BCUT2D eigenvalue weighted by Gasteiger charge is -2.13. The maximum atomic E-state index is 4.70. The van der Waals surface area contributed by atoms with Crippen LogP contribution in [0.4, 0.5) is 11.6 Å². The van der Waals surface area contributed by atoms with Gasteiger partial charge in [0, 0.05) is 30.0 Å². The molecule has 1 saturated carbocycles. The van der Waals surface area contributed by atoms with Crippen LogP contribution in [0, 0.1) is 6.92 Å². The van der Waals surface area contributed by atoms with Crippen molar-refractivity contribution in [3.05, 3.63) is 33.8 Å². The fraction of sp³-hybridized carbons (Fsp3) is 0.467. The quantitative estimate of drug-likeness (QED) is 0.855. The first-order valence-corrected chi connectivity index (χ1v) is 7.98. The van der Waals surface area contributed by atoms with Crippen molar-refractivity contribution in [3.8, 4) is 0 Å². The maximum Gasteiger partial charge on any atom is 0.136 e. The van der Waals surface area contributed by atoms with Gasteiger partial charge in [-0.25, -0.2) is 9.97 Å². The minimum absolute atomic E-state index is 0.570. The van der Waals surface area contributed by atoms with Crippen molar-refractivity contribution in [2.45, 2.75) is 32.1 Å². The predicted molar refractivity (Wildman–Crippen MR) is 84.8 cm³/mol. The van der Waals surface area contributed by atoms with E-state index in [1.165, 1.54) is 17.7 Å². The molecule has 1 aliphatic carbocycles. The van der Waals surface area contributed by atoms with Crippen molar-refractivity contribution < 1.29 is 0 Å². The van der Waals surface area contributed by atoms with E-state index in [1.54, 1.807) is 11.3 Å². The third kappa shape index (κ3) is 2.93. The Labute approximate surface area is 123 Å². The molecule has 0 aromatic carbocycles. The molecule has 5 heteroatoms. The van der Waals surface area contributed by atoms with Crippen molar-refractivity contribution in [1.29, 1.82) is 0 Å². The zero-order chi connectivity index (χ0) is 13.9. The summed E-state index contributed by atoms with van der Waals surface area (Å²) in [5, 5.41) is 8.76. The fourth-order valence-corrected chi connectivity index (χ4v) is 2.94. The van der Waals surface area contributed by atoms with Crippen LogP contribution in [0.5, 0.6) is 0 Å². The third-order valence-electron chi connectivity index (χ3n) is 3.59. The van der Waals surface area contributed by atoms with Gasteiger partial charge in [-0.3, -0.25) is 0 Å². The molecule has 4 nitrogen and oxygen atoms in total. The van der Waals surface area contributed by atoms with Crippen molar-refractivity contribution in [2.24, 2.45) is 0 Å². The minimum atomic E-state index is 0.570. The van der Waals surface area contributed by atoms with E-state index in [-0.39, 0.29) is 0 Å². The molecule has 2 heterocycles. The summed E-state index contributed by atoms with van der Waals surface area (Å²) in [5.41, 5.74) is 1.10. The fourth-order valence-electron chi connectivity index (χ4n) is 2.23. The van der Waals surface area contributed by atoms with Gasteiger partial charge < -0.3 is 10.6 Å². The number of nitrogens with one attached hydrogen (secondary N) is 2. The number of thiophene rings is 1. The van der Waals surface area contributed by atoms with Gasteiger partial charge in [-0.1, -0.05) is 6.07 Å². The number of nitrogens with zero attached hydrogens (tertiary/aromatic N) is 2. The Kier molecular flexibility index (Phi) is 3.87. The number of anilines is 2. The van der Waals surface area contributed by atoms with Gasteiger partial charge in [-0.05, 0) is 37.6 Å². The molecular weight excluding hydrogens is 268 g/mol. The highest BCUT2D eigenvalue weighted by molar-refractivity contribution is 7.09. The minimum Gasteiger partial charge on any atom is -0.373 e. The van der Waals surface area contributed by atoms with E-state index in [0.29, 0.717) is 5.92 Å². The van der Waals surface area contributed by atoms with Crippen LogP contribution < -0.4 is 10.6 Å². The topological polar surface area (TPSA) is 49.8 Å². The number of aromatic nitrogens is 2. The first kappa shape index (κ1) is 13.4. The second-order valence-electron chi connectivity index (χ2n) is 5.18. The first-order valence-electron chi connectivity index (χ1n) is 7.10. The zero-order valence-corrected chi connectivity index (χ0v) is 12.8. The van der Waals surface area contributed by atoms with E-state index in [9.17, 15) is 0 Å². The van der Waals surface area contributed by atoms with Crippen LogP contribution in [-0.2, 0) is 6.42 Å². The molecule has 0 spiro atoms. The molecule has 0 aliphatic heterocycles. The lowest BCUT2D eigenvalue weighted by Crippen LogP contribution is -2.11. The Morgan fingerprint density at radius 2 is 2.10 bits per heavy atom. The molecule has 0 radical (unpaired) electrons. The SMILES string of the molecule is CNc1nc(C2CC2)nc(NCCc2cccs2)c1C. The second kappa shape index (κ2) is 5.79. The van der Waals surface area contributed by atoms with Crippen molar-refractivity contribution in [2.75, 3.05) is 24.2 Å². The summed E-state index contributed by atoms with van der Waals surface area (Å²) >= 11 is 1.80. The summed E-state index contributed by atoms with van der Waals surface area (Å²) in [6.45, 7) is 2.97. The average molecular weight is 288 g/mol. The van der Waals surface area contributed by atoms with Gasteiger partial charge in [-0.2, -0.15) is 0 Å². The molecule has 1 fully saturated rings. The van der Waals surface area contributed by atoms with Gasteiger partial charge in [0.05, 0.1) is 0 Å². The van der Waals surface area contributed by atoms with Crippen LogP contribution >= 0.6 is 11.3 Å². The summed E-state index contributed by atoms with van der Waals surface area (Å²) in [6.07, 6.45) is 3.48. The molecular formula is C15H20N4S. The summed E-state index contributed by atoms with van der Waals surface area (Å²) in [7, 11) is 1.92. The van der Waals surface area contributed by atoms with Gasteiger partial charge in [0.15, 0.2) is 0 Å². The molecule has 0 saturated heterocycles. The maximum absolute atomic E-state index is 4.70. The molecule has 0 amide bonds. The molecule has 3 rings (SSSR count). The first-order chi connectivity index (χ1) is 9.78. The van der Waals surface area contributed by atoms with Crippen molar-refractivity contribution in [1.82, 2.24) is 9.97 Å². The molecule has 1 aliphatic rings. The summed E-state index contributed by atoms with van der Waals surface area (Å²) in [5.74, 6) is 3.47. The van der Waals surface area contributed by atoms with E-state index in [1.807, 2.05) is 7.05 Å². The van der Waals surface area contributed by atoms with Crippen molar-refractivity contribution in [3.63, 3.8) is 0 Å². The number of hydrogen-bond donors (Lipinski definition) is 2. The lowest BCUT2D eigenvalue weighted by atomic mass is 10.2. The lowest BCUT2D eigenvalue weighted by molar-refractivity contribution is 0.909. The zero-order valence-electron chi connectivity index (χ0n) is 11.9. The Hall–Kier alpha value is -1.62. The Bertz CT molecular complexity index is 576. The molecule has 2 N–H and O–H groups in total. The Morgan fingerprint density at radius 3 is 2.75 bits per heavy atom. The van der Waals surface area contributed by atoms with Crippen LogP contribution in [0.2, 0.25) is 0 Å². The molecule has 2 aromatic rings. The second-order valence-corrected chi connectivity index (χ2v) is 6.22. The van der Waals surface area contributed by atoms with Crippen LogP contribution in [0.15, 0.2) is 17.5 Å². The van der Waals surface area contributed by atoms with Crippen LogP contribution in [-0.4, -0.2) is 23.6 Å². The third-order valence-corrected chi connectivity index (χ3v) is 4.52. The van der Waals surface area contributed by atoms with Crippen LogP contribution in [0.25, 0.3) is 0 Å². The van der Waals surface area contributed by atoms with Gasteiger partial charge in [0.25, 0.3) is 0 Å². The largest absolute Gasteiger partial charge is 0.373 e. The van der Waals surface area contributed by atoms with E-state index < -0.39 is 0 Å². The standard InChI is InChI=1S/C15H20N4S/c1-10-13(16-2)18-15(11-5-6-11)19-14(10)17-8-7-12-4-3-9-20-12/h3-4,9,11H,5-8H2,1-2H3,(H2,16,17,18,19). The van der Waals surface area contributed by atoms with Gasteiger partial charge in [0.2, 0.25) is 0 Å².